The third kappa shape index (κ3) is 8.38. The number of hydrogen-bond donors (Lipinski definition) is 0. The topological polar surface area (TPSA) is 0 Å². The number of hydrogen-bond acceptors (Lipinski definition) is 0. The molecule has 0 fully saturated rings. The quantitative estimate of drug-likeness (QED) is 0.334. The third-order valence-electron chi connectivity index (χ3n) is 9.09. The molecule has 0 N–H and O–H groups in total. The van der Waals surface area contributed by atoms with Crippen LogP contribution < -0.4 is 0 Å². The standard InChI is InChI=1S/C43H72/c1-27(28-24-30(37(2,3)4)34(41(14,15)16)31(25-28)38(5,6)7)23-29-26-32(39(8,9)10)35(42(17,18)19)36(43(20,21)22)33(29)40(11,12)13/h24-27H,23H2,1-22H3. The molecule has 0 amide bonds. The van der Waals surface area contributed by atoms with Gasteiger partial charge in [-0.05, 0) is 100 Å². The molecule has 1 atom stereocenters. The second-order valence-corrected chi connectivity index (χ2v) is 21.1. The average Bonchev–Trinajstić information content (AvgIpc) is 2.72. The second kappa shape index (κ2) is 11.4. The SMILES string of the molecule is CC(Cc1cc(C(C)(C)C)c(C(C)(C)C)c(C(C)(C)C)c1C(C)(C)C)c1cc(C(C)(C)C)c(C(C)(C)C)c(C(C)(C)C)c1. The summed E-state index contributed by atoms with van der Waals surface area (Å²) in [4.78, 5) is 0. The molecule has 244 valence electrons. The van der Waals surface area contributed by atoms with Crippen LogP contribution in [-0.2, 0) is 44.3 Å². The molecule has 0 saturated carbocycles. The smallest absolute Gasteiger partial charge is 0.0126 e. The van der Waals surface area contributed by atoms with Crippen LogP contribution in [0.25, 0.3) is 0 Å². The lowest BCUT2D eigenvalue weighted by Crippen LogP contribution is -2.33. The molecule has 0 aliphatic rings. The van der Waals surface area contributed by atoms with Gasteiger partial charge in [0, 0.05) is 0 Å². The summed E-state index contributed by atoms with van der Waals surface area (Å²) in [7, 11) is 0. The Morgan fingerprint density at radius 2 is 0.674 bits per heavy atom. The van der Waals surface area contributed by atoms with Crippen molar-refractivity contribution in [1.29, 1.82) is 0 Å². The van der Waals surface area contributed by atoms with Gasteiger partial charge in [0.25, 0.3) is 0 Å². The molecule has 0 saturated heterocycles. The second-order valence-electron chi connectivity index (χ2n) is 21.1. The molecule has 2 rings (SSSR count). The molecule has 0 spiro atoms. The fraction of sp³-hybridized carbons (Fsp3) is 0.721. The minimum absolute atomic E-state index is 0.0390. The molecule has 0 heteroatoms. The van der Waals surface area contributed by atoms with Crippen molar-refractivity contribution in [2.75, 3.05) is 0 Å². The van der Waals surface area contributed by atoms with Crippen LogP contribution in [0, 0.1) is 0 Å². The fourth-order valence-electron chi connectivity index (χ4n) is 7.26. The predicted octanol–water partition coefficient (Wildman–Crippen LogP) is 13.1. The van der Waals surface area contributed by atoms with Crippen molar-refractivity contribution >= 4 is 0 Å². The van der Waals surface area contributed by atoms with Crippen molar-refractivity contribution in [1.82, 2.24) is 0 Å². The Balaban J connectivity index is 3.08. The molecule has 0 aromatic heterocycles. The van der Waals surface area contributed by atoms with Crippen LogP contribution >= 0.6 is 0 Å². The van der Waals surface area contributed by atoms with E-state index in [0.29, 0.717) is 5.92 Å². The first-order valence-electron chi connectivity index (χ1n) is 17.1. The summed E-state index contributed by atoms with van der Waals surface area (Å²) in [6.07, 6.45) is 1.05. The minimum atomic E-state index is 0.0390. The lowest BCUT2D eigenvalue weighted by atomic mass is 9.62. The Hall–Kier alpha value is -1.56. The van der Waals surface area contributed by atoms with E-state index in [1.807, 2.05) is 0 Å². The van der Waals surface area contributed by atoms with E-state index in [-0.39, 0.29) is 37.9 Å². The van der Waals surface area contributed by atoms with Crippen LogP contribution in [0.15, 0.2) is 18.2 Å². The van der Waals surface area contributed by atoms with E-state index in [1.54, 1.807) is 22.3 Å². The Morgan fingerprint density at radius 1 is 0.372 bits per heavy atom. The van der Waals surface area contributed by atoms with Crippen molar-refractivity contribution in [2.24, 2.45) is 0 Å². The van der Waals surface area contributed by atoms with Gasteiger partial charge in [-0.2, -0.15) is 0 Å². The van der Waals surface area contributed by atoms with Crippen molar-refractivity contribution in [3.05, 3.63) is 68.3 Å². The van der Waals surface area contributed by atoms with Gasteiger partial charge in [0.2, 0.25) is 0 Å². The maximum absolute atomic E-state index is 2.63. The van der Waals surface area contributed by atoms with Gasteiger partial charge in [-0.3, -0.25) is 0 Å². The van der Waals surface area contributed by atoms with Gasteiger partial charge >= 0.3 is 0 Å². The highest BCUT2D eigenvalue weighted by molar-refractivity contribution is 5.57. The lowest BCUT2D eigenvalue weighted by Gasteiger charge is -2.42. The molecule has 43 heavy (non-hydrogen) atoms. The van der Waals surface area contributed by atoms with Gasteiger partial charge in [-0.15, -0.1) is 0 Å². The predicted molar refractivity (Wildman–Crippen MR) is 196 cm³/mol. The Labute approximate surface area is 270 Å². The first-order chi connectivity index (χ1) is 18.7. The van der Waals surface area contributed by atoms with E-state index in [4.69, 9.17) is 0 Å². The monoisotopic (exact) mass is 589 g/mol. The Kier molecular flexibility index (Phi) is 9.93. The first-order valence-corrected chi connectivity index (χ1v) is 17.1. The number of benzene rings is 2. The largest absolute Gasteiger partial charge is 0.0581 e. The van der Waals surface area contributed by atoms with Crippen molar-refractivity contribution < 1.29 is 0 Å². The van der Waals surface area contributed by atoms with Crippen LogP contribution in [0.5, 0.6) is 0 Å². The van der Waals surface area contributed by atoms with E-state index < -0.39 is 0 Å². The summed E-state index contributed by atoms with van der Waals surface area (Å²) in [5.41, 5.74) is 14.2. The summed E-state index contributed by atoms with van der Waals surface area (Å²) in [5, 5.41) is 0. The third-order valence-corrected chi connectivity index (χ3v) is 9.09. The Morgan fingerprint density at radius 3 is 0.953 bits per heavy atom. The normalized spacial score (nSPS) is 15.2. The van der Waals surface area contributed by atoms with Crippen molar-refractivity contribution in [3.63, 3.8) is 0 Å². The van der Waals surface area contributed by atoms with E-state index in [0.717, 1.165) is 6.42 Å². The maximum atomic E-state index is 2.63. The van der Waals surface area contributed by atoms with E-state index in [1.165, 1.54) is 27.8 Å². The molecule has 2 aromatic carbocycles. The van der Waals surface area contributed by atoms with Gasteiger partial charge in [-0.1, -0.05) is 171 Å². The molecular weight excluding hydrogens is 516 g/mol. The zero-order chi connectivity index (χ0) is 34.1. The highest BCUT2D eigenvalue weighted by Gasteiger charge is 2.38. The van der Waals surface area contributed by atoms with Crippen LogP contribution in [0.3, 0.4) is 0 Å². The lowest BCUT2D eigenvalue weighted by molar-refractivity contribution is 0.472. The van der Waals surface area contributed by atoms with E-state index >= 15 is 0 Å². The maximum Gasteiger partial charge on any atom is -0.0126 e. The minimum Gasteiger partial charge on any atom is -0.0581 e. The summed E-state index contributed by atoms with van der Waals surface area (Å²) in [5.74, 6) is 0.401. The number of rotatable bonds is 3. The van der Waals surface area contributed by atoms with Gasteiger partial charge in [-0.25, -0.2) is 0 Å². The Bertz CT molecular complexity index is 1260. The van der Waals surface area contributed by atoms with Crippen molar-refractivity contribution in [2.45, 2.75) is 203 Å². The van der Waals surface area contributed by atoms with E-state index in [2.05, 4.69) is 171 Å². The van der Waals surface area contributed by atoms with Gasteiger partial charge < -0.3 is 0 Å². The van der Waals surface area contributed by atoms with Crippen LogP contribution in [-0.4, -0.2) is 0 Å². The molecule has 0 aliphatic heterocycles. The molecule has 0 heterocycles. The van der Waals surface area contributed by atoms with Gasteiger partial charge in [0.05, 0.1) is 0 Å². The van der Waals surface area contributed by atoms with Gasteiger partial charge in [0.1, 0.15) is 0 Å². The summed E-state index contributed by atoms with van der Waals surface area (Å²) in [6, 6.07) is 7.79. The molecule has 0 aliphatic carbocycles. The zero-order valence-electron chi connectivity index (χ0n) is 33.0. The molecular formula is C43H72. The molecule has 0 nitrogen and oxygen atoms in total. The summed E-state index contributed by atoms with van der Waals surface area (Å²) in [6.45, 7) is 53.1. The van der Waals surface area contributed by atoms with Crippen LogP contribution in [0.4, 0.5) is 0 Å². The van der Waals surface area contributed by atoms with Crippen LogP contribution in [0.2, 0.25) is 0 Å². The highest BCUT2D eigenvalue weighted by atomic mass is 14.4. The summed E-state index contributed by atoms with van der Waals surface area (Å²) < 4.78 is 0. The molecule has 2 aromatic rings. The molecule has 1 unspecified atom stereocenters. The highest BCUT2D eigenvalue weighted by Crippen LogP contribution is 2.48. The average molecular weight is 589 g/mol. The fourth-order valence-corrected chi connectivity index (χ4v) is 7.26. The first kappa shape index (κ1) is 37.6. The molecule has 0 radical (unpaired) electrons. The van der Waals surface area contributed by atoms with E-state index in [9.17, 15) is 0 Å². The molecule has 0 bridgehead atoms. The van der Waals surface area contributed by atoms with Gasteiger partial charge in [0.15, 0.2) is 0 Å². The zero-order valence-corrected chi connectivity index (χ0v) is 33.0. The van der Waals surface area contributed by atoms with Crippen LogP contribution in [0.1, 0.15) is 208 Å². The summed E-state index contributed by atoms with van der Waals surface area (Å²) >= 11 is 0. The van der Waals surface area contributed by atoms with Crippen molar-refractivity contribution in [3.8, 4) is 0 Å².